The van der Waals surface area contributed by atoms with E-state index in [4.69, 9.17) is 14.7 Å². The molecule has 210 valence electrons. The summed E-state index contributed by atoms with van der Waals surface area (Å²) in [5.41, 5.74) is 0.922. The Morgan fingerprint density at radius 2 is 1.59 bits per heavy atom. The number of hydrogen-bond donors (Lipinski definition) is 3. The second kappa shape index (κ2) is 13.4. The first-order chi connectivity index (χ1) is 19.0. The number of aromatic nitrogens is 2. The fourth-order valence-electron chi connectivity index (χ4n) is 5.25. The van der Waals surface area contributed by atoms with Gasteiger partial charge in [0.05, 0.1) is 23.6 Å². The van der Waals surface area contributed by atoms with Crippen molar-refractivity contribution in [2.45, 2.75) is 30.6 Å². The second-order valence-corrected chi connectivity index (χ2v) is 13.0. The van der Waals surface area contributed by atoms with Crippen molar-refractivity contribution in [3.63, 3.8) is 0 Å². The molecule has 1 aliphatic carbocycles. The number of sulfonamides is 1. The van der Waals surface area contributed by atoms with E-state index in [1.54, 1.807) is 24.3 Å². The van der Waals surface area contributed by atoms with Crippen molar-refractivity contribution in [3.8, 4) is 0 Å². The summed E-state index contributed by atoms with van der Waals surface area (Å²) in [4.78, 5) is 12.3. The number of rotatable bonds is 11. The molecule has 0 radical (unpaired) electrons. The summed E-state index contributed by atoms with van der Waals surface area (Å²) in [6.07, 6.45) is 4.11. The van der Waals surface area contributed by atoms with E-state index < -0.39 is 10.0 Å². The molecule has 39 heavy (non-hydrogen) atoms. The van der Waals surface area contributed by atoms with Gasteiger partial charge < -0.3 is 15.4 Å². The quantitative estimate of drug-likeness (QED) is 0.292. The lowest BCUT2D eigenvalue weighted by Crippen LogP contribution is -2.39. The number of ether oxygens (including phenoxy) is 1. The maximum absolute atomic E-state index is 12.6. The lowest BCUT2D eigenvalue weighted by atomic mass is 9.82. The van der Waals surface area contributed by atoms with Gasteiger partial charge in [-0.25, -0.2) is 18.1 Å². The van der Waals surface area contributed by atoms with Crippen molar-refractivity contribution in [3.05, 3.63) is 53.0 Å². The third-order valence-corrected chi connectivity index (χ3v) is 9.60. The van der Waals surface area contributed by atoms with Crippen molar-refractivity contribution in [2.24, 2.45) is 11.8 Å². The minimum atomic E-state index is -3.49. The number of para-hydroxylation sites is 1. The van der Waals surface area contributed by atoms with Crippen LogP contribution in [-0.2, 0) is 14.8 Å². The van der Waals surface area contributed by atoms with Gasteiger partial charge in [0, 0.05) is 49.1 Å². The van der Waals surface area contributed by atoms with Crippen LogP contribution in [0.1, 0.15) is 25.7 Å². The number of nitrogens with zero attached hydrogens (tertiary/aromatic N) is 3. The molecule has 0 amide bonds. The van der Waals surface area contributed by atoms with Crippen LogP contribution in [0.3, 0.4) is 0 Å². The highest BCUT2D eigenvalue weighted by Crippen LogP contribution is 2.29. The highest BCUT2D eigenvalue weighted by molar-refractivity contribution is 9.10. The third kappa shape index (κ3) is 7.88. The van der Waals surface area contributed by atoms with Gasteiger partial charge in [0.25, 0.3) is 0 Å². The Kier molecular flexibility index (Phi) is 9.67. The fraction of sp³-hybridized carbons (Fsp3) is 0.500. The van der Waals surface area contributed by atoms with Crippen molar-refractivity contribution in [1.82, 2.24) is 19.6 Å². The molecule has 1 aromatic heterocycles. The largest absolute Gasteiger partial charge is 0.379 e. The van der Waals surface area contributed by atoms with Crippen LogP contribution in [0.25, 0.3) is 10.9 Å². The van der Waals surface area contributed by atoms with E-state index in [9.17, 15) is 8.42 Å². The molecule has 2 heterocycles. The molecule has 0 bridgehead atoms. The smallest absolute Gasteiger partial charge is 0.240 e. The van der Waals surface area contributed by atoms with Gasteiger partial charge in [0.15, 0.2) is 0 Å². The van der Waals surface area contributed by atoms with Gasteiger partial charge in [-0.1, -0.05) is 28.1 Å². The normalized spacial score (nSPS) is 20.6. The Bertz CT molecular complexity index is 1330. The number of benzene rings is 2. The van der Waals surface area contributed by atoms with Crippen LogP contribution in [0.15, 0.2) is 57.9 Å². The Morgan fingerprint density at radius 1 is 0.897 bits per heavy atom. The van der Waals surface area contributed by atoms with Crippen molar-refractivity contribution >= 4 is 48.6 Å². The van der Waals surface area contributed by atoms with Crippen LogP contribution in [0, 0.1) is 11.8 Å². The number of hydrogen-bond acceptors (Lipinski definition) is 8. The molecular formula is C28H37BrN6O3S. The van der Waals surface area contributed by atoms with Crippen molar-refractivity contribution < 1.29 is 13.2 Å². The van der Waals surface area contributed by atoms with Gasteiger partial charge in [0.1, 0.15) is 5.82 Å². The predicted octanol–water partition coefficient (Wildman–Crippen LogP) is 4.33. The summed E-state index contributed by atoms with van der Waals surface area (Å²) in [6, 6.07) is 14.8. The van der Waals surface area contributed by atoms with E-state index in [2.05, 4.69) is 42.3 Å². The minimum absolute atomic E-state index is 0.300. The standard InChI is InChI=1S/C28H37BrN6O3S/c29-23-9-11-24(12-10-23)39(36,37)32-20-22-7-5-21(6-8-22)19-31-28-33-26-4-2-1-3-25(26)27(34-28)30-13-14-35-15-17-38-18-16-35/h1-4,9-12,21-22,32H,5-8,13-20H2,(H2,30,31,33,34). The lowest BCUT2D eigenvalue weighted by Gasteiger charge is -2.28. The number of halogens is 1. The monoisotopic (exact) mass is 616 g/mol. The van der Waals surface area contributed by atoms with E-state index >= 15 is 0 Å². The van der Waals surface area contributed by atoms with Crippen LogP contribution < -0.4 is 15.4 Å². The van der Waals surface area contributed by atoms with Gasteiger partial charge in [-0.05, 0) is 73.9 Å². The zero-order chi connectivity index (χ0) is 27.1. The molecule has 2 aliphatic rings. The number of morpholine rings is 1. The van der Waals surface area contributed by atoms with Gasteiger partial charge in [0.2, 0.25) is 16.0 Å². The summed E-state index contributed by atoms with van der Waals surface area (Å²) in [6.45, 7) is 6.59. The molecule has 11 heteroatoms. The molecule has 5 rings (SSSR count). The zero-order valence-corrected chi connectivity index (χ0v) is 24.5. The molecule has 2 aromatic carbocycles. The van der Waals surface area contributed by atoms with Crippen LogP contribution in [0.4, 0.5) is 11.8 Å². The zero-order valence-electron chi connectivity index (χ0n) is 22.1. The molecule has 3 N–H and O–H groups in total. The summed E-state index contributed by atoms with van der Waals surface area (Å²) < 4.78 is 34.3. The molecule has 0 unspecified atom stereocenters. The van der Waals surface area contributed by atoms with Crippen molar-refractivity contribution in [2.75, 3.05) is 63.1 Å². The maximum atomic E-state index is 12.6. The summed E-state index contributed by atoms with van der Waals surface area (Å²) in [7, 11) is -3.49. The molecule has 0 spiro atoms. The fourth-order valence-corrected chi connectivity index (χ4v) is 6.63. The highest BCUT2D eigenvalue weighted by atomic mass is 79.9. The molecule has 2 fully saturated rings. The molecular weight excluding hydrogens is 580 g/mol. The minimum Gasteiger partial charge on any atom is -0.379 e. The first kappa shape index (κ1) is 28.2. The SMILES string of the molecule is O=S(=O)(NCC1CCC(CNc2nc(NCCN3CCOCC3)c3ccccc3n2)CC1)c1ccc(Br)cc1. The maximum Gasteiger partial charge on any atom is 0.240 e. The summed E-state index contributed by atoms with van der Waals surface area (Å²) in [5, 5.41) is 8.03. The first-order valence-electron chi connectivity index (χ1n) is 13.8. The van der Waals surface area contributed by atoms with E-state index in [0.717, 1.165) is 92.8 Å². The van der Waals surface area contributed by atoms with Gasteiger partial charge >= 0.3 is 0 Å². The Hall–Kier alpha value is -2.31. The van der Waals surface area contributed by atoms with E-state index in [1.807, 2.05) is 18.2 Å². The topological polar surface area (TPSA) is 108 Å². The van der Waals surface area contributed by atoms with Crippen LogP contribution in [-0.4, -0.2) is 75.8 Å². The Labute approximate surface area is 239 Å². The highest BCUT2D eigenvalue weighted by Gasteiger charge is 2.23. The predicted molar refractivity (Wildman–Crippen MR) is 159 cm³/mol. The van der Waals surface area contributed by atoms with Crippen molar-refractivity contribution in [1.29, 1.82) is 0 Å². The van der Waals surface area contributed by atoms with Crippen LogP contribution in [0.2, 0.25) is 0 Å². The van der Waals surface area contributed by atoms with Crippen LogP contribution in [0.5, 0.6) is 0 Å². The molecule has 0 atom stereocenters. The summed E-state index contributed by atoms with van der Waals surface area (Å²) >= 11 is 3.35. The molecule has 1 saturated carbocycles. The molecule has 1 aliphatic heterocycles. The Balaban J connectivity index is 1.10. The molecule has 1 saturated heterocycles. The molecule has 3 aromatic rings. The third-order valence-electron chi connectivity index (χ3n) is 7.63. The average Bonchev–Trinajstić information content (AvgIpc) is 2.96. The van der Waals surface area contributed by atoms with Gasteiger partial charge in [-0.3, -0.25) is 4.90 Å². The number of fused-ring (bicyclic) bond motifs is 1. The Morgan fingerprint density at radius 3 is 2.33 bits per heavy atom. The lowest BCUT2D eigenvalue weighted by molar-refractivity contribution is 0.0398. The number of nitrogens with one attached hydrogen (secondary N) is 3. The second-order valence-electron chi connectivity index (χ2n) is 10.4. The van der Waals surface area contributed by atoms with Crippen LogP contribution >= 0.6 is 15.9 Å². The van der Waals surface area contributed by atoms with Gasteiger partial charge in [-0.15, -0.1) is 0 Å². The molecule has 9 nitrogen and oxygen atoms in total. The van der Waals surface area contributed by atoms with E-state index in [0.29, 0.717) is 29.2 Å². The van der Waals surface area contributed by atoms with E-state index in [-0.39, 0.29) is 0 Å². The average molecular weight is 618 g/mol. The summed E-state index contributed by atoms with van der Waals surface area (Å²) in [5.74, 6) is 2.37. The number of anilines is 2. The van der Waals surface area contributed by atoms with E-state index in [1.165, 1.54) is 0 Å². The van der Waals surface area contributed by atoms with Gasteiger partial charge in [-0.2, -0.15) is 4.98 Å². The first-order valence-corrected chi connectivity index (χ1v) is 16.0.